The molecule has 0 fully saturated rings. The van der Waals surface area contributed by atoms with E-state index in [0.717, 1.165) is 5.56 Å². The molecular weight excluding hydrogens is 300 g/mol. The van der Waals surface area contributed by atoms with Crippen molar-refractivity contribution < 1.29 is 23.8 Å². The minimum absolute atomic E-state index is 0.0121. The summed E-state index contributed by atoms with van der Waals surface area (Å²) in [6.07, 6.45) is -1.06. The van der Waals surface area contributed by atoms with Gasteiger partial charge in [0.2, 0.25) is 11.8 Å². The Morgan fingerprint density at radius 1 is 1.35 bits per heavy atom. The molecule has 0 aliphatic heterocycles. The quantitative estimate of drug-likeness (QED) is 0.800. The molecule has 122 valence electrons. The van der Waals surface area contributed by atoms with Crippen molar-refractivity contribution in [2.24, 2.45) is 0 Å². The number of nitrogens with one attached hydrogen (secondary N) is 1. The maximum Gasteiger partial charge on any atom is 0.334 e. The molecule has 1 aromatic heterocycles. The molecule has 23 heavy (non-hydrogen) atoms. The monoisotopic (exact) mass is 318 g/mol. The number of carbonyl (C=O) groups is 2. The minimum Gasteiger partial charge on any atom is -0.479 e. The number of hydrogen-bond donors (Lipinski definition) is 2. The van der Waals surface area contributed by atoms with Gasteiger partial charge in [0, 0.05) is 12.7 Å². The first-order chi connectivity index (χ1) is 11.0. The first-order valence-corrected chi connectivity index (χ1v) is 7.05. The van der Waals surface area contributed by atoms with Gasteiger partial charge in [0.15, 0.2) is 6.10 Å². The molecule has 1 amide bonds. The van der Waals surface area contributed by atoms with E-state index in [1.807, 2.05) is 30.3 Å². The molecule has 0 saturated carbocycles. The van der Waals surface area contributed by atoms with E-state index in [1.165, 1.54) is 7.11 Å². The topological polar surface area (TPSA) is 102 Å². The summed E-state index contributed by atoms with van der Waals surface area (Å²) < 4.78 is 10.3. The van der Waals surface area contributed by atoms with Gasteiger partial charge in [-0.1, -0.05) is 18.2 Å². The molecule has 7 heteroatoms. The molecule has 1 aromatic carbocycles. The Kier molecular flexibility index (Phi) is 5.48. The first kappa shape index (κ1) is 16.7. The molecule has 1 atom stereocenters. The molecule has 0 saturated heterocycles. The molecule has 1 heterocycles. The van der Waals surface area contributed by atoms with E-state index < -0.39 is 12.1 Å². The van der Waals surface area contributed by atoms with Crippen molar-refractivity contribution in [3.63, 3.8) is 0 Å². The Morgan fingerprint density at radius 3 is 2.65 bits per heavy atom. The number of nitrogens with zero attached hydrogens (tertiary/aromatic N) is 1. The van der Waals surface area contributed by atoms with E-state index in [4.69, 9.17) is 14.3 Å². The van der Waals surface area contributed by atoms with Crippen LogP contribution >= 0.6 is 0 Å². The summed E-state index contributed by atoms with van der Waals surface area (Å²) in [5.41, 5.74) is 1.35. The average molecular weight is 318 g/mol. The van der Waals surface area contributed by atoms with Crippen molar-refractivity contribution in [2.45, 2.75) is 19.4 Å². The number of amides is 1. The second kappa shape index (κ2) is 7.55. The van der Waals surface area contributed by atoms with Crippen molar-refractivity contribution in [3.8, 4) is 11.5 Å². The van der Waals surface area contributed by atoms with E-state index >= 15 is 0 Å². The lowest BCUT2D eigenvalue weighted by molar-refractivity contribution is -0.148. The predicted molar refractivity (Wildman–Crippen MR) is 81.8 cm³/mol. The van der Waals surface area contributed by atoms with Crippen LogP contribution in [-0.2, 0) is 20.7 Å². The fourth-order valence-electron chi connectivity index (χ4n) is 1.99. The molecule has 0 spiro atoms. The summed E-state index contributed by atoms with van der Waals surface area (Å²) in [5, 5.41) is 11.4. The van der Waals surface area contributed by atoms with Crippen LogP contribution in [0.5, 0.6) is 0 Å². The van der Waals surface area contributed by atoms with Crippen LogP contribution < -0.4 is 5.32 Å². The van der Waals surface area contributed by atoms with Crippen LogP contribution in [0.15, 0.2) is 34.7 Å². The SMILES string of the molecule is COC(CNC(=O)Cc1nc(-c2ccccc2)oc1C)C(=O)O. The lowest BCUT2D eigenvalue weighted by atomic mass is 10.2. The van der Waals surface area contributed by atoms with E-state index in [2.05, 4.69) is 10.3 Å². The summed E-state index contributed by atoms with van der Waals surface area (Å²) in [6, 6.07) is 9.37. The number of carbonyl (C=O) groups excluding carboxylic acids is 1. The second-order valence-corrected chi connectivity index (χ2v) is 4.93. The van der Waals surface area contributed by atoms with Crippen LogP contribution in [0.1, 0.15) is 11.5 Å². The van der Waals surface area contributed by atoms with Gasteiger partial charge < -0.3 is 19.6 Å². The molecule has 2 N–H and O–H groups in total. The predicted octanol–water partition coefficient (Wildman–Crippen LogP) is 1.41. The number of carboxylic acid groups (broad SMARTS) is 1. The van der Waals surface area contributed by atoms with E-state index in [-0.39, 0.29) is 18.9 Å². The summed E-state index contributed by atoms with van der Waals surface area (Å²) in [5.74, 6) is -0.465. The van der Waals surface area contributed by atoms with Gasteiger partial charge in [0.25, 0.3) is 0 Å². The molecule has 0 aliphatic carbocycles. The third kappa shape index (κ3) is 4.40. The van der Waals surface area contributed by atoms with Crippen molar-refractivity contribution in [1.29, 1.82) is 0 Å². The van der Waals surface area contributed by atoms with Gasteiger partial charge in [0.05, 0.1) is 18.7 Å². The zero-order valence-corrected chi connectivity index (χ0v) is 12.9. The lowest BCUT2D eigenvalue weighted by Crippen LogP contribution is -2.38. The van der Waals surface area contributed by atoms with Crippen molar-refractivity contribution in [2.75, 3.05) is 13.7 Å². The smallest absolute Gasteiger partial charge is 0.334 e. The number of benzene rings is 1. The Labute approximate surface area is 133 Å². The highest BCUT2D eigenvalue weighted by molar-refractivity contribution is 5.80. The Hall–Kier alpha value is -2.67. The summed E-state index contributed by atoms with van der Waals surface area (Å²) in [7, 11) is 1.28. The Morgan fingerprint density at radius 2 is 2.04 bits per heavy atom. The van der Waals surface area contributed by atoms with Crippen LogP contribution in [0.25, 0.3) is 11.5 Å². The van der Waals surface area contributed by atoms with Gasteiger partial charge in [-0.25, -0.2) is 9.78 Å². The molecule has 1 unspecified atom stereocenters. The second-order valence-electron chi connectivity index (χ2n) is 4.93. The minimum atomic E-state index is -1.13. The highest BCUT2D eigenvalue weighted by atomic mass is 16.5. The average Bonchev–Trinajstić information content (AvgIpc) is 2.89. The van der Waals surface area contributed by atoms with Crippen LogP contribution in [0.3, 0.4) is 0 Å². The largest absolute Gasteiger partial charge is 0.479 e. The van der Waals surface area contributed by atoms with Gasteiger partial charge in [-0.2, -0.15) is 0 Å². The van der Waals surface area contributed by atoms with Crippen LogP contribution in [0.4, 0.5) is 0 Å². The normalized spacial score (nSPS) is 11.9. The third-order valence-electron chi connectivity index (χ3n) is 3.29. The maximum absolute atomic E-state index is 11.9. The lowest BCUT2D eigenvalue weighted by Gasteiger charge is -2.11. The summed E-state index contributed by atoms with van der Waals surface area (Å²) >= 11 is 0. The molecule has 2 aromatic rings. The molecular formula is C16H18N2O5. The van der Waals surface area contributed by atoms with E-state index in [0.29, 0.717) is 17.3 Å². The number of rotatable bonds is 7. The number of methoxy groups -OCH3 is 1. The number of aryl methyl sites for hydroxylation is 1. The van der Waals surface area contributed by atoms with Crippen molar-refractivity contribution >= 4 is 11.9 Å². The van der Waals surface area contributed by atoms with E-state index in [1.54, 1.807) is 6.92 Å². The maximum atomic E-state index is 11.9. The fraction of sp³-hybridized carbons (Fsp3) is 0.312. The van der Waals surface area contributed by atoms with Crippen LogP contribution in [0.2, 0.25) is 0 Å². The molecule has 0 aliphatic rings. The Bertz CT molecular complexity index is 681. The van der Waals surface area contributed by atoms with E-state index in [9.17, 15) is 9.59 Å². The summed E-state index contributed by atoms with van der Waals surface area (Å²) in [4.78, 5) is 27.1. The molecule has 7 nitrogen and oxygen atoms in total. The highest BCUT2D eigenvalue weighted by Crippen LogP contribution is 2.21. The zero-order chi connectivity index (χ0) is 16.8. The van der Waals surface area contributed by atoms with Crippen LogP contribution in [0, 0.1) is 6.92 Å². The number of aliphatic carboxylic acids is 1. The van der Waals surface area contributed by atoms with Gasteiger partial charge in [-0.15, -0.1) is 0 Å². The van der Waals surface area contributed by atoms with Gasteiger partial charge in [-0.3, -0.25) is 4.79 Å². The van der Waals surface area contributed by atoms with Crippen molar-refractivity contribution in [1.82, 2.24) is 10.3 Å². The standard InChI is InChI=1S/C16H18N2O5/c1-10-12(8-14(19)17-9-13(22-2)16(20)21)18-15(23-10)11-6-4-3-5-7-11/h3-7,13H,8-9H2,1-2H3,(H,17,19)(H,20,21). The number of hydrogen-bond acceptors (Lipinski definition) is 5. The number of aromatic nitrogens is 1. The molecule has 0 radical (unpaired) electrons. The first-order valence-electron chi connectivity index (χ1n) is 7.05. The third-order valence-corrected chi connectivity index (χ3v) is 3.29. The Balaban J connectivity index is 1.99. The molecule has 0 bridgehead atoms. The van der Waals surface area contributed by atoms with Crippen LogP contribution in [-0.4, -0.2) is 41.7 Å². The number of ether oxygens (including phenoxy) is 1. The zero-order valence-electron chi connectivity index (χ0n) is 12.9. The van der Waals surface area contributed by atoms with Gasteiger partial charge >= 0.3 is 5.97 Å². The number of carboxylic acids is 1. The molecule has 2 rings (SSSR count). The van der Waals surface area contributed by atoms with Gasteiger partial charge in [0.1, 0.15) is 5.76 Å². The fourth-order valence-corrected chi connectivity index (χ4v) is 1.99. The summed E-state index contributed by atoms with van der Waals surface area (Å²) in [6.45, 7) is 1.63. The highest BCUT2D eigenvalue weighted by Gasteiger charge is 2.19. The van der Waals surface area contributed by atoms with Crippen molar-refractivity contribution in [3.05, 3.63) is 41.8 Å². The number of oxazole rings is 1. The van der Waals surface area contributed by atoms with Gasteiger partial charge in [-0.05, 0) is 19.1 Å².